The summed E-state index contributed by atoms with van der Waals surface area (Å²) >= 11 is 0. The van der Waals surface area contributed by atoms with Gasteiger partial charge in [-0.05, 0) is 0 Å². The molecule has 3 aromatic carbocycles. The van der Waals surface area contributed by atoms with Crippen LogP contribution >= 0.6 is 7.26 Å². The van der Waals surface area contributed by atoms with Gasteiger partial charge in [0.25, 0.3) is 0 Å². The molecule has 1 N–H and O–H groups in total. The topological polar surface area (TPSA) is 38.3 Å². The first-order chi connectivity index (χ1) is 18.7. The SMILES string of the molecule is C=CCC[C@H]1[C@@H](CCCC)[C@H]1COC(=O)NCCC[PH](c1ccccc1)(c1ccccc1)c1ccccc1. The van der Waals surface area contributed by atoms with Crippen LogP contribution in [-0.2, 0) is 4.74 Å². The molecular weight excluding hydrogens is 485 g/mol. The monoisotopic (exact) mass is 529 g/mol. The number of allylic oxidation sites excluding steroid dienone is 1. The van der Waals surface area contributed by atoms with E-state index < -0.39 is 7.26 Å². The fourth-order valence-corrected chi connectivity index (χ4v) is 11.1. The Labute approximate surface area is 230 Å². The van der Waals surface area contributed by atoms with E-state index in [9.17, 15) is 4.79 Å². The second-order valence-electron chi connectivity index (χ2n) is 10.6. The van der Waals surface area contributed by atoms with Crippen molar-refractivity contribution in [1.29, 1.82) is 0 Å². The summed E-state index contributed by atoms with van der Waals surface area (Å²) in [6, 6.07) is 32.8. The van der Waals surface area contributed by atoms with Crippen molar-refractivity contribution in [3.63, 3.8) is 0 Å². The molecule has 0 saturated heterocycles. The first-order valence-electron chi connectivity index (χ1n) is 14.4. The van der Waals surface area contributed by atoms with E-state index >= 15 is 0 Å². The van der Waals surface area contributed by atoms with Gasteiger partial charge in [0.1, 0.15) is 0 Å². The molecule has 3 nitrogen and oxygen atoms in total. The Bertz CT molecular complexity index is 1020. The van der Waals surface area contributed by atoms with Crippen LogP contribution < -0.4 is 21.2 Å². The predicted octanol–water partition coefficient (Wildman–Crippen LogP) is 6.85. The number of amides is 1. The third kappa shape index (κ3) is 6.94. The average molecular weight is 530 g/mol. The number of carbonyl (C=O) groups excluding carboxylic acids is 1. The van der Waals surface area contributed by atoms with E-state index in [0.717, 1.165) is 19.0 Å². The van der Waals surface area contributed by atoms with Gasteiger partial charge in [0.05, 0.1) is 0 Å². The van der Waals surface area contributed by atoms with Crippen LogP contribution in [0.3, 0.4) is 0 Å². The quantitative estimate of drug-likeness (QED) is 0.133. The van der Waals surface area contributed by atoms with Crippen LogP contribution in [0.5, 0.6) is 0 Å². The third-order valence-corrected chi connectivity index (χ3v) is 13.4. The minimum absolute atomic E-state index is 0.278. The molecule has 1 amide bonds. The second kappa shape index (κ2) is 14.3. The number of alkyl carbamates (subject to hydrolysis) is 1. The molecule has 1 fully saturated rings. The van der Waals surface area contributed by atoms with Crippen LogP contribution in [0.15, 0.2) is 104 Å². The molecule has 0 heterocycles. The van der Waals surface area contributed by atoms with E-state index in [1.807, 2.05) is 6.08 Å². The number of ether oxygens (including phenoxy) is 1. The Morgan fingerprint density at radius 1 is 0.816 bits per heavy atom. The van der Waals surface area contributed by atoms with Gasteiger partial charge in [-0.2, -0.15) is 0 Å². The van der Waals surface area contributed by atoms with Crippen molar-refractivity contribution in [2.24, 2.45) is 17.8 Å². The van der Waals surface area contributed by atoms with E-state index in [4.69, 9.17) is 4.74 Å². The number of rotatable bonds is 15. The zero-order valence-corrected chi connectivity index (χ0v) is 23.9. The van der Waals surface area contributed by atoms with Gasteiger partial charge in [0, 0.05) is 0 Å². The van der Waals surface area contributed by atoms with Crippen molar-refractivity contribution in [2.45, 2.75) is 45.4 Å². The number of unbranched alkanes of at least 4 members (excludes halogenated alkanes) is 1. The van der Waals surface area contributed by atoms with E-state index in [0.29, 0.717) is 30.9 Å². The van der Waals surface area contributed by atoms with Gasteiger partial charge in [-0.15, -0.1) is 6.58 Å². The Morgan fingerprint density at radius 2 is 1.34 bits per heavy atom. The van der Waals surface area contributed by atoms with Gasteiger partial charge in [0.2, 0.25) is 0 Å². The molecule has 0 radical (unpaired) electrons. The minimum atomic E-state index is -2.27. The summed E-state index contributed by atoms with van der Waals surface area (Å²) in [5.41, 5.74) is 0. The number of nitrogens with one attached hydrogen (secondary N) is 1. The number of hydrogen-bond donors (Lipinski definition) is 1. The van der Waals surface area contributed by atoms with Gasteiger partial charge < -0.3 is 0 Å². The van der Waals surface area contributed by atoms with Crippen LogP contribution in [0.2, 0.25) is 0 Å². The summed E-state index contributed by atoms with van der Waals surface area (Å²) in [7, 11) is -2.27. The van der Waals surface area contributed by atoms with E-state index in [1.54, 1.807) is 0 Å². The van der Waals surface area contributed by atoms with Crippen molar-refractivity contribution in [2.75, 3.05) is 19.3 Å². The molecule has 0 aliphatic heterocycles. The fourth-order valence-electron chi connectivity index (χ4n) is 6.25. The van der Waals surface area contributed by atoms with Gasteiger partial charge in [-0.1, -0.05) is 6.92 Å². The van der Waals surface area contributed by atoms with Crippen molar-refractivity contribution >= 4 is 29.3 Å². The summed E-state index contributed by atoms with van der Waals surface area (Å²) in [5.74, 6) is 1.90. The molecule has 3 atom stereocenters. The van der Waals surface area contributed by atoms with Crippen LogP contribution in [-0.4, -0.2) is 25.4 Å². The van der Waals surface area contributed by atoms with E-state index in [1.165, 1.54) is 41.6 Å². The number of carbonyl (C=O) groups is 1. The van der Waals surface area contributed by atoms with E-state index in [2.05, 4.69) is 110 Å². The number of hydrogen-bond acceptors (Lipinski definition) is 2. The average Bonchev–Trinajstić information content (AvgIpc) is 3.66. The Morgan fingerprint density at radius 3 is 1.84 bits per heavy atom. The zero-order chi connectivity index (χ0) is 26.6. The summed E-state index contributed by atoms with van der Waals surface area (Å²) in [4.78, 5) is 12.6. The standard InChI is InChI=1S/C34H44NO2P/c1-3-5-23-31-32(24-6-4-2)33(31)27-37-34(36)35-25-16-26-38(28-17-10-7-11-18-28,29-19-12-8-13-20-29)30-21-14-9-15-22-30/h3,7-15,17-22,31-33,38H,1,4-6,16,23-27H2,2H3,(H,35,36)/t31-,32+,33-/m0/s1. The summed E-state index contributed by atoms with van der Waals surface area (Å²) in [5, 5.41) is 7.25. The van der Waals surface area contributed by atoms with Crippen LogP contribution in [0.4, 0.5) is 4.79 Å². The van der Waals surface area contributed by atoms with Gasteiger partial charge in [-0.25, -0.2) is 0 Å². The fraction of sp³-hybridized carbons (Fsp3) is 0.382. The van der Waals surface area contributed by atoms with Gasteiger partial charge in [0.15, 0.2) is 0 Å². The van der Waals surface area contributed by atoms with Crippen molar-refractivity contribution < 1.29 is 9.53 Å². The molecular formula is C34H44NO2P. The third-order valence-electron chi connectivity index (χ3n) is 8.31. The molecule has 0 unspecified atom stereocenters. The second-order valence-corrected chi connectivity index (χ2v) is 14.7. The molecule has 4 rings (SSSR count). The summed E-state index contributed by atoms with van der Waals surface area (Å²) in [6.07, 6.45) is 9.57. The molecule has 4 heteroatoms. The molecule has 202 valence electrons. The van der Waals surface area contributed by atoms with Crippen molar-refractivity contribution in [3.8, 4) is 0 Å². The van der Waals surface area contributed by atoms with Crippen LogP contribution in [0, 0.1) is 17.8 Å². The van der Waals surface area contributed by atoms with Crippen molar-refractivity contribution in [3.05, 3.63) is 104 Å². The number of benzene rings is 3. The normalized spacial score (nSPS) is 18.9. The molecule has 0 aromatic heterocycles. The van der Waals surface area contributed by atoms with Crippen molar-refractivity contribution in [1.82, 2.24) is 5.32 Å². The Kier molecular flexibility index (Phi) is 10.6. The maximum atomic E-state index is 12.6. The zero-order valence-electron chi connectivity index (χ0n) is 22.9. The predicted molar refractivity (Wildman–Crippen MR) is 165 cm³/mol. The molecule has 1 aliphatic carbocycles. The molecule has 3 aromatic rings. The molecule has 1 aliphatic rings. The van der Waals surface area contributed by atoms with Gasteiger partial charge in [-0.3, -0.25) is 0 Å². The van der Waals surface area contributed by atoms with Crippen LogP contribution in [0.25, 0.3) is 0 Å². The molecule has 1 saturated carbocycles. The molecule has 0 spiro atoms. The molecule has 38 heavy (non-hydrogen) atoms. The molecule has 0 bridgehead atoms. The first kappa shape index (κ1) is 28.1. The van der Waals surface area contributed by atoms with Gasteiger partial charge >= 0.3 is 217 Å². The maximum absolute atomic E-state index is 12.6. The summed E-state index contributed by atoms with van der Waals surface area (Å²) < 4.78 is 5.71. The summed E-state index contributed by atoms with van der Waals surface area (Å²) in [6.45, 7) is 7.27. The Balaban J connectivity index is 1.38. The Hall–Kier alpha value is -2.90. The van der Waals surface area contributed by atoms with E-state index in [-0.39, 0.29) is 6.09 Å². The van der Waals surface area contributed by atoms with Crippen LogP contribution in [0.1, 0.15) is 45.4 Å². The first-order valence-corrected chi connectivity index (χ1v) is 16.6.